The van der Waals surface area contributed by atoms with Gasteiger partial charge < -0.3 is 15.6 Å². The van der Waals surface area contributed by atoms with Crippen LogP contribution >= 0.6 is 0 Å². The first-order chi connectivity index (χ1) is 17.6. The highest BCUT2D eigenvalue weighted by Gasteiger charge is 2.58. The zero-order chi connectivity index (χ0) is 24.4. The minimum absolute atomic E-state index is 0.0920. The normalized spacial score (nSPS) is 20.6. The topological polar surface area (TPSA) is 118 Å². The van der Waals surface area contributed by atoms with Crippen LogP contribution in [-0.2, 0) is 0 Å². The molecule has 1 aliphatic carbocycles. The number of rotatable bonds is 4. The Hall–Kier alpha value is -4.59. The molecule has 2 amide bonds. The van der Waals surface area contributed by atoms with Crippen molar-refractivity contribution in [3.05, 3.63) is 89.7 Å². The van der Waals surface area contributed by atoms with Crippen LogP contribution in [0.2, 0.25) is 0 Å². The highest BCUT2D eigenvalue weighted by atomic mass is 16.2. The van der Waals surface area contributed by atoms with Crippen LogP contribution in [0, 0.1) is 11.8 Å². The summed E-state index contributed by atoms with van der Waals surface area (Å²) in [4.78, 5) is 44.4. The van der Waals surface area contributed by atoms with Gasteiger partial charge in [0.05, 0.1) is 16.6 Å². The number of carbonyl (C=O) groups excluding carboxylic acids is 2. The third-order valence-corrected chi connectivity index (χ3v) is 7.43. The van der Waals surface area contributed by atoms with Gasteiger partial charge in [0.25, 0.3) is 11.8 Å². The predicted molar refractivity (Wildman–Crippen MR) is 135 cm³/mol. The van der Waals surface area contributed by atoms with Gasteiger partial charge in [0.15, 0.2) is 5.82 Å². The lowest BCUT2D eigenvalue weighted by molar-refractivity contribution is 0.0766. The fraction of sp³-hybridized carbons (Fsp3) is 0.179. The van der Waals surface area contributed by atoms with Gasteiger partial charge in [0, 0.05) is 18.5 Å². The molecule has 2 atom stereocenters. The lowest BCUT2D eigenvalue weighted by atomic mass is 10.0. The van der Waals surface area contributed by atoms with E-state index in [9.17, 15) is 9.59 Å². The molecule has 4 heterocycles. The van der Waals surface area contributed by atoms with Gasteiger partial charge in [-0.3, -0.25) is 9.59 Å². The molecule has 176 valence electrons. The molecule has 2 fully saturated rings. The Bertz CT molecular complexity index is 1650. The first kappa shape index (κ1) is 20.8. The summed E-state index contributed by atoms with van der Waals surface area (Å²) in [7, 11) is 0. The summed E-state index contributed by atoms with van der Waals surface area (Å²) in [5.41, 5.74) is 10.5. The van der Waals surface area contributed by atoms with Gasteiger partial charge >= 0.3 is 0 Å². The molecule has 0 bridgehead atoms. The maximum Gasteiger partial charge on any atom is 0.272 e. The summed E-state index contributed by atoms with van der Waals surface area (Å²) in [5.74, 6) is 0.787. The first-order valence-electron chi connectivity index (χ1n) is 12.0. The van der Waals surface area contributed by atoms with Gasteiger partial charge in [0.1, 0.15) is 17.1 Å². The Kier molecular flexibility index (Phi) is 4.44. The molecule has 2 unspecified atom stereocenters. The molecule has 0 radical (unpaired) electrons. The van der Waals surface area contributed by atoms with E-state index in [2.05, 4.69) is 19.9 Å². The predicted octanol–water partition coefficient (Wildman–Crippen LogP) is 3.76. The number of carbonyl (C=O) groups is 2. The maximum atomic E-state index is 13.3. The number of H-pyrrole nitrogens is 1. The van der Waals surface area contributed by atoms with Crippen molar-refractivity contribution < 1.29 is 9.59 Å². The van der Waals surface area contributed by atoms with Crippen molar-refractivity contribution in [1.82, 2.24) is 24.8 Å². The lowest BCUT2D eigenvalue weighted by Crippen LogP contribution is -2.32. The minimum Gasteiger partial charge on any atom is -0.364 e. The van der Waals surface area contributed by atoms with Crippen LogP contribution in [0.4, 0.5) is 0 Å². The second-order valence-electron chi connectivity index (χ2n) is 9.56. The Labute approximate surface area is 206 Å². The number of fused-ring (bicyclic) bond motifs is 3. The summed E-state index contributed by atoms with van der Waals surface area (Å²) < 4.78 is 0. The van der Waals surface area contributed by atoms with Crippen molar-refractivity contribution in [2.75, 3.05) is 13.1 Å². The van der Waals surface area contributed by atoms with Gasteiger partial charge in [-0.15, -0.1) is 0 Å². The molecule has 3 aromatic heterocycles. The summed E-state index contributed by atoms with van der Waals surface area (Å²) in [6, 6.07) is 23.0. The number of aromatic amines is 1. The first-order valence-corrected chi connectivity index (χ1v) is 12.0. The van der Waals surface area contributed by atoms with Crippen LogP contribution in [0.3, 0.4) is 0 Å². The van der Waals surface area contributed by atoms with Crippen molar-refractivity contribution in [2.45, 2.75) is 5.92 Å². The van der Waals surface area contributed by atoms with Crippen LogP contribution in [0.15, 0.2) is 72.8 Å². The number of pyridine rings is 2. The average molecular weight is 475 g/mol. The number of nitrogens with two attached hydrogens (primary N) is 1. The quantitative estimate of drug-likeness (QED) is 0.411. The summed E-state index contributed by atoms with van der Waals surface area (Å²) in [5, 5.41) is 0.988. The van der Waals surface area contributed by atoms with E-state index in [-0.39, 0.29) is 23.7 Å². The highest BCUT2D eigenvalue weighted by Crippen LogP contribution is 2.59. The van der Waals surface area contributed by atoms with Crippen LogP contribution in [0.5, 0.6) is 0 Å². The van der Waals surface area contributed by atoms with E-state index in [4.69, 9.17) is 5.73 Å². The van der Waals surface area contributed by atoms with E-state index in [1.807, 2.05) is 71.6 Å². The average Bonchev–Trinajstić information content (AvgIpc) is 3.22. The number of piperidine rings is 1. The number of nitrogens with zero attached hydrogens (tertiary/aromatic N) is 4. The Morgan fingerprint density at radius 1 is 0.861 bits per heavy atom. The van der Waals surface area contributed by atoms with E-state index in [0.717, 1.165) is 27.5 Å². The number of hydrogen-bond donors (Lipinski definition) is 2. The molecule has 7 rings (SSSR count). The van der Waals surface area contributed by atoms with E-state index in [1.165, 1.54) is 0 Å². The zero-order valence-corrected chi connectivity index (χ0v) is 19.3. The van der Waals surface area contributed by atoms with Crippen molar-refractivity contribution >= 4 is 33.8 Å². The molecule has 3 N–H and O–H groups in total. The van der Waals surface area contributed by atoms with Crippen LogP contribution in [0.1, 0.15) is 32.5 Å². The van der Waals surface area contributed by atoms with Gasteiger partial charge in [-0.25, -0.2) is 15.0 Å². The number of para-hydroxylation sites is 3. The molecule has 1 saturated carbocycles. The van der Waals surface area contributed by atoms with Crippen LogP contribution < -0.4 is 5.73 Å². The highest BCUT2D eigenvalue weighted by molar-refractivity contribution is 5.96. The summed E-state index contributed by atoms with van der Waals surface area (Å²) >= 11 is 0. The van der Waals surface area contributed by atoms with Crippen LogP contribution in [-0.4, -0.2) is 49.7 Å². The number of nitrogens with one attached hydrogen (secondary N) is 1. The number of hydrogen-bond acceptors (Lipinski definition) is 5. The second kappa shape index (κ2) is 7.71. The molecule has 2 aliphatic rings. The van der Waals surface area contributed by atoms with Crippen molar-refractivity contribution in [1.29, 1.82) is 0 Å². The number of imidazole rings is 1. The molecule has 0 spiro atoms. The molecular weight excluding hydrogens is 452 g/mol. The van der Waals surface area contributed by atoms with Crippen molar-refractivity contribution in [2.24, 2.45) is 17.6 Å². The minimum atomic E-state index is -0.514. The smallest absolute Gasteiger partial charge is 0.272 e. The van der Waals surface area contributed by atoms with Crippen LogP contribution in [0.25, 0.3) is 33.5 Å². The fourth-order valence-corrected chi connectivity index (χ4v) is 5.66. The zero-order valence-electron chi connectivity index (χ0n) is 19.3. The number of likely N-dealkylation sites (tertiary alicyclic amines) is 1. The van der Waals surface area contributed by atoms with Gasteiger partial charge in [-0.2, -0.15) is 0 Å². The summed E-state index contributed by atoms with van der Waals surface area (Å²) in [6.45, 7) is 1.24. The molecule has 1 saturated heterocycles. The van der Waals surface area contributed by atoms with Crippen molar-refractivity contribution in [3.63, 3.8) is 0 Å². The second-order valence-corrected chi connectivity index (χ2v) is 9.56. The third-order valence-electron chi connectivity index (χ3n) is 7.43. The van der Waals surface area contributed by atoms with Crippen molar-refractivity contribution in [3.8, 4) is 11.5 Å². The molecule has 8 heteroatoms. The molecule has 8 nitrogen and oxygen atoms in total. The van der Waals surface area contributed by atoms with E-state index in [1.54, 1.807) is 6.07 Å². The summed E-state index contributed by atoms with van der Waals surface area (Å²) in [6.07, 6.45) is 0. The largest absolute Gasteiger partial charge is 0.364 e. The maximum absolute atomic E-state index is 13.3. The van der Waals surface area contributed by atoms with Gasteiger partial charge in [-0.05, 0) is 59.7 Å². The Balaban J connectivity index is 1.12. The number of amides is 2. The molecular formula is C28H22N6O2. The number of benzene rings is 2. The van der Waals surface area contributed by atoms with E-state index >= 15 is 0 Å². The van der Waals surface area contributed by atoms with E-state index in [0.29, 0.717) is 36.0 Å². The SMILES string of the molecule is NC(=O)c1nc2ccccc2cc1C1C2CN(C(=O)c3cccc(-c4nc5ccccc5[nH]4)n3)CC21. The lowest BCUT2D eigenvalue weighted by Gasteiger charge is -2.20. The Morgan fingerprint density at radius 3 is 2.39 bits per heavy atom. The standard InChI is InChI=1S/C28H22N6O2/c29-26(35)25-16(12-15-6-1-2-7-19(15)31-25)24-17-13-34(14-18(17)24)28(36)23-11-5-10-22(30-23)27-32-20-8-3-4-9-21(20)33-27/h1-12,17-18,24H,13-14H2,(H2,29,35)(H,32,33). The number of primary amides is 1. The monoisotopic (exact) mass is 474 g/mol. The number of aromatic nitrogens is 4. The molecule has 5 aromatic rings. The van der Waals surface area contributed by atoms with E-state index < -0.39 is 5.91 Å². The van der Waals surface area contributed by atoms with Gasteiger partial charge in [0.2, 0.25) is 0 Å². The third kappa shape index (κ3) is 3.25. The molecule has 2 aromatic carbocycles. The molecule has 1 aliphatic heterocycles. The van der Waals surface area contributed by atoms with Gasteiger partial charge in [-0.1, -0.05) is 36.4 Å². The Morgan fingerprint density at radius 2 is 1.61 bits per heavy atom. The fourth-order valence-electron chi connectivity index (χ4n) is 5.66. The molecule has 36 heavy (non-hydrogen) atoms.